The van der Waals surface area contributed by atoms with Crippen molar-refractivity contribution >= 4 is 15.7 Å². The molecular weight excluding hydrogens is 390 g/mol. The molecule has 3 rings (SSSR count). The number of aromatic nitrogens is 1. The molecule has 1 unspecified atom stereocenters. The van der Waals surface area contributed by atoms with E-state index in [0.717, 1.165) is 23.4 Å². The van der Waals surface area contributed by atoms with E-state index in [9.17, 15) is 18.6 Å². The van der Waals surface area contributed by atoms with Crippen molar-refractivity contribution in [2.75, 3.05) is 37.4 Å². The first-order chi connectivity index (χ1) is 13.7. The third-order valence-electron chi connectivity index (χ3n) is 5.02. The number of hydrogen-bond acceptors (Lipinski definition) is 6. The van der Waals surface area contributed by atoms with Gasteiger partial charge in [-0.25, -0.2) is 13.4 Å². The lowest BCUT2D eigenvalue weighted by atomic mass is 10.0. The van der Waals surface area contributed by atoms with E-state index in [1.54, 1.807) is 12.1 Å². The average Bonchev–Trinajstić information content (AvgIpc) is 2.86. The molecule has 7 nitrogen and oxygen atoms in total. The molecule has 0 fully saturated rings. The van der Waals surface area contributed by atoms with Crippen LogP contribution in [0.15, 0.2) is 36.4 Å². The van der Waals surface area contributed by atoms with Crippen molar-refractivity contribution in [2.45, 2.75) is 26.5 Å². The second-order valence-corrected chi connectivity index (χ2v) is 9.91. The maximum Gasteiger partial charge on any atom is 0.211 e. The van der Waals surface area contributed by atoms with Crippen LogP contribution in [0.4, 0.5) is 5.69 Å². The summed E-state index contributed by atoms with van der Waals surface area (Å²) in [5.41, 5.74) is 3.89. The number of aliphatic hydroxyl groups excluding tert-OH is 2. The monoisotopic (exact) mass is 419 g/mol. The van der Waals surface area contributed by atoms with Gasteiger partial charge in [0.1, 0.15) is 6.10 Å². The zero-order chi connectivity index (χ0) is 21.2. The molecule has 2 heterocycles. The van der Waals surface area contributed by atoms with E-state index in [2.05, 4.69) is 23.7 Å². The number of nitrogens with zero attached hydrogens (tertiary/aromatic N) is 3. The van der Waals surface area contributed by atoms with Gasteiger partial charge >= 0.3 is 0 Å². The molecule has 0 amide bonds. The van der Waals surface area contributed by atoms with Crippen molar-refractivity contribution in [3.8, 4) is 11.3 Å². The average molecular weight is 420 g/mol. The van der Waals surface area contributed by atoms with E-state index in [0.29, 0.717) is 36.9 Å². The van der Waals surface area contributed by atoms with E-state index in [-0.39, 0.29) is 0 Å². The molecule has 0 radical (unpaired) electrons. The van der Waals surface area contributed by atoms with E-state index >= 15 is 0 Å². The Morgan fingerprint density at radius 3 is 2.59 bits per heavy atom. The van der Waals surface area contributed by atoms with Crippen LogP contribution < -0.4 is 4.90 Å². The Balaban J connectivity index is 2.03. The van der Waals surface area contributed by atoms with Crippen molar-refractivity contribution in [1.29, 1.82) is 0 Å². The molecule has 0 aliphatic carbocycles. The molecule has 1 atom stereocenters. The molecule has 29 heavy (non-hydrogen) atoms. The van der Waals surface area contributed by atoms with Gasteiger partial charge in [0, 0.05) is 37.4 Å². The van der Waals surface area contributed by atoms with Crippen molar-refractivity contribution in [2.24, 2.45) is 5.92 Å². The van der Waals surface area contributed by atoms with Crippen LogP contribution in [0, 0.1) is 5.92 Å². The Labute approximate surface area is 172 Å². The second kappa shape index (κ2) is 8.79. The van der Waals surface area contributed by atoms with Gasteiger partial charge in [-0.2, -0.15) is 4.31 Å². The van der Waals surface area contributed by atoms with E-state index in [1.807, 2.05) is 24.3 Å². The Hall–Kier alpha value is -2.00. The van der Waals surface area contributed by atoms with Crippen LogP contribution in [0.1, 0.15) is 31.2 Å². The van der Waals surface area contributed by atoms with Crippen LogP contribution in [0.3, 0.4) is 0 Å². The number of fused-ring (bicyclic) bond motifs is 1. The summed E-state index contributed by atoms with van der Waals surface area (Å²) >= 11 is 0. The van der Waals surface area contributed by atoms with Crippen LogP contribution >= 0.6 is 0 Å². The first kappa shape index (κ1) is 21.7. The largest absolute Gasteiger partial charge is 0.393 e. The van der Waals surface area contributed by atoms with Gasteiger partial charge in [0.15, 0.2) is 0 Å². The molecule has 1 aliphatic heterocycles. The molecule has 2 N–H and O–H groups in total. The molecule has 1 aromatic heterocycles. The summed E-state index contributed by atoms with van der Waals surface area (Å²) in [6, 6.07) is 11.3. The molecule has 158 valence electrons. The van der Waals surface area contributed by atoms with Crippen LogP contribution in [0.5, 0.6) is 0 Å². The summed E-state index contributed by atoms with van der Waals surface area (Å²) in [6.07, 6.45) is 0.216. The Morgan fingerprint density at radius 2 is 1.93 bits per heavy atom. The van der Waals surface area contributed by atoms with Gasteiger partial charge in [0.2, 0.25) is 10.0 Å². The van der Waals surface area contributed by atoms with E-state index in [4.69, 9.17) is 0 Å². The highest BCUT2D eigenvalue weighted by molar-refractivity contribution is 7.88. The minimum Gasteiger partial charge on any atom is -0.393 e. The summed E-state index contributed by atoms with van der Waals surface area (Å²) in [5.74, 6) is 0.450. The molecule has 0 saturated carbocycles. The van der Waals surface area contributed by atoms with Crippen molar-refractivity contribution in [3.05, 3.63) is 47.7 Å². The van der Waals surface area contributed by atoms with Crippen LogP contribution in [-0.4, -0.2) is 60.4 Å². The second-order valence-electron chi connectivity index (χ2n) is 7.93. The summed E-state index contributed by atoms with van der Waals surface area (Å²) in [6.45, 7) is 6.16. The topological polar surface area (TPSA) is 94.0 Å². The van der Waals surface area contributed by atoms with Crippen molar-refractivity contribution < 1.29 is 18.6 Å². The number of benzene rings is 1. The number of sulfonamides is 1. The molecule has 0 bridgehead atoms. The van der Waals surface area contributed by atoms with E-state index < -0.39 is 22.7 Å². The summed E-state index contributed by atoms with van der Waals surface area (Å²) < 4.78 is 26.0. The first-order valence-electron chi connectivity index (χ1n) is 9.78. The zero-order valence-corrected chi connectivity index (χ0v) is 17.9. The van der Waals surface area contributed by atoms with Crippen LogP contribution in [-0.2, 0) is 16.6 Å². The molecule has 0 saturated heterocycles. The number of hydrogen-bond donors (Lipinski definition) is 2. The van der Waals surface area contributed by atoms with Gasteiger partial charge in [0.05, 0.1) is 24.3 Å². The highest BCUT2D eigenvalue weighted by Gasteiger charge is 2.25. The molecule has 0 spiro atoms. The minimum atomic E-state index is -3.31. The fraction of sp³-hybridized carbons (Fsp3) is 0.476. The third-order valence-corrected chi connectivity index (χ3v) is 6.27. The molecule has 1 aromatic carbocycles. The summed E-state index contributed by atoms with van der Waals surface area (Å²) in [4.78, 5) is 6.71. The summed E-state index contributed by atoms with van der Waals surface area (Å²) in [5, 5.41) is 19.1. The highest BCUT2D eigenvalue weighted by atomic mass is 32.2. The minimum absolute atomic E-state index is 0.315. The normalized spacial score (nSPS) is 16.6. The van der Waals surface area contributed by atoms with Crippen molar-refractivity contribution in [1.82, 2.24) is 9.29 Å². The Kier molecular flexibility index (Phi) is 6.58. The molecule has 1 aliphatic rings. The lowest BCUT2D eigenvalue weighted by Crippen LogP contribution is -2.36. The third kappa shape index (κ3) is 5.14. The van der Waals surface area contributed by atoms with Gasteiger partial charge < -0.3 is 15.1 Å². The maximum atomic E-state index is 12.2. The Bertz CT molecular complexity index is 962. The van der Waals surface area contributed by atoms with E-state index in [1.165, 1.54) is 10.6 Å². The number of aliphatic hydroxyl groups is 2. The predicted octanol–water partition coefficient (Wildman–Crippen LogP) is 2.01. The van der Waals surface area contributed by atoms with Crippen molar-refractivity contribution in [3.63, 3.8) is 0 Å². The quantitative estimate of drug-likeness (QED) is 0.744. The SMILES string of the molecule is CC(C)CN1CCN(S(C)(=O)=O)Cc2cc(-c3cccc(C(O)CO)n3)ccc21. The zero-order valence-electron chi connectivity index (χ0n) is 17.1. The lowest BCUT2D eigenvalue weighted by Gasteiger charge is -2.27. The maximum absolute atomic E-state index is 12.2. The number of anilines is 1. The smallest absolute Gasteiger partial charge is 0.211 e. The molecular formula is C21H29N3O4S. The van der Waals surface area contributed by atoms with Gasteiger partial charge in [-0.15, -0.1) is 0 Å². The van der Waals surface area contributed by atoms with Gasteiger partial charge in [0.25, 0.3) is 0 Å². The summed E-state index contributed by atoms with van der Waals surface area (Å²) in [7, 11) is -3.31. The lowest BCUT2D eigenvalue weighted by molar-refractivity contribution is 0.0923. The van der Waals surface area contributed by atoms with Crippen LogP contribution in [0.2, 0.25) is 0 Å². The van der Waals surface area contributed by atoms with Crippen LogP contribution in [0.25, 0.3) is 11.3 Å². The number of pyridine rings is 1. The molecule has 8 heteroatoms. The standard InChI is InChI=1S/C21H29N3O4S/c1-15(2)12-23-9-10-24(29(3,27)28)13-17-11-16(7-8-20(17)23)18-5-4-6-19(22-18)21(26)14-25/h4-8,11,15,21,25-26H,9-10,12-14H2,1-3H3. The fourth-order valence-electron chi connectivity index (χ4n) is 3.61. The Morgan fingerprint density at radius 1 is 1.17 bits per heavy atom. The first-order valence-corrected chi connectivity index (χ1v) is 11.6. The number of rotatable bonds is 6. The fourth-order valence-corrected chi connectivity index (χ4v) is 4.39. The van der Waals surface area contributed by atoms with Gasteiger partial charge in [-0.05, 0) is 35.7 Å². The van der Waals surface area contributed by atoms with Gasteiger partial charge in [-0.3, -0.25) is 0 Å². The van der Waals surface area contributed by atoms with Gasteiger partial charge in [-0.1, -0.05) is 26.0 Å². The molecule has 2 aromatic rings. The predicted molar refractivity (Wildman–Crippen MR) is 114 cm³/mol. The highest BCUT2D eigenvalue weighted by Crippen LogP contribution is 2.31.